The van der Waals surface area contributed by atoms with E-state index in [1.54, 1.807) is 0 Å². The van der Waals surface area contributed by atoms with Crippen LogP contribution in [0.2, 0.25) is 0 Å². The van der Waals surface area contributed by atoms with Crippen LogP contribution in [0.4, 0.5) is 51.3 Å². The molecular weight excluding hydrogens is 572 g/mol. The Hall–Kier alpha value is -3.74. The van der Waals surface area contributed by atoms with E-state index in [-0.39, 0.29) is 11.4 Å². The van der Waals surface area contributed by atoms with E-state index in [4.69, 9.17) is 0 Å². The number of β-amino-alcohol motifs (C(OH)–C–C–N with tert-alkyl or cyclic N) is 1. The summed E-state index contributed by atoms with van der Waals surface area (Å²) < 4.78 is 105. The Labute approximate surface area is 219 Å². The number of anilines is 2. The van der Waals surface area contributed by atoms with Crippen molar-refractivity contribution in [1.29, 1.82) is 0 Å². The fourth-order valence-electron chi connectivity index (χ4n) is 3.28. The van der Waals surface area contributed by atoms with Crippen molar-refractivity contribution in [3.05, 3.63) is 24.3 Å². The molecule has 1 aromatic carbocycles. The van der Waals surface area contributed by atoms with Crippen molar-refractivity contribution in [1.82, 2.24) is 10.6 Å². The molecule has 224 valence electrons. The van der Waals surface area contributed by atoms with Crippen LogP contribution in [-0.4, -0.2) is 96.8 Å². The van der Waals surface area contributed by atoms with E-state index in [1.165, 1.54) is 24.3 Å². The molecule has 2 atom stereocenters. The highest BCUT2D eigenvalue weighted by Crippen LogP contribution is 2.35. The second kappa shape index (κ2) is 11.8. The molecule has 0 bridgehead atoms. The number of carbonyl (C=O) groups is 4. The van der Waals surface area contributed by atoms with E-state index >= 15 is 0 Å². The van der Waals surface area contributed by atoms with Crippen LogP contribution in [0.3, 0.4) is 0 Å². The molecule has 1 aliphatic rings. The fraction of sp³-hybridized carbons (Fsp3) is 0.524. The van der Waals surface area contributed by atoms with Crippen molar-refractivity contribution in [2.24, 2.45) is 0 Å². The molecule has 4 N–H and O–H groups in total. The highest BCUT2D eigenvalue weighted by Gasteiger charge is 2.58. The first-order chi connectivity index (χ1) is 18.2. The average molecular weight is 594 g/mol. The number of fused-ring (bicyclic) bond motifs is 1. The van der Waals surface area contributed by atoms with E-state index in [2.05, 4.69) is 4.74 Å². The zero-order valence-electron chi connectivity index (χ0n) is 20.3. The molecule has 2 rings (SSSR count). The van der Waals surface area contributed by atoms with E-state index in [9.17, 15) is 64.5 Å². The van der Waals surface area contributed by atoms with Crippen LogP contribution in [0.25, 0.3) is 0 Å². The molecule has 11 nitrogen and oxygen atoms in total. The summed E-state index contributed by atoms with van der Waals surface area (Å²) in [7, 11) is 0. The van der Waals surface area contributed by atoms with Gasteiger partial charge in [-0.25, -0.2) is 4.79 Å². The second-order valence-corrected chi connectivity index (χ2v) is 8.47. The first-order valence-corrected chi connectivity index (χ1v) is 11.0. The van der Waals surface area contributed by atoms with Gasteiger partial charge < -0.3 is 30.5 Å². The number of nitrogens with one attached hydrogen (secondary N) is 2. The summed E-state index contributed by atoms with van der Waals surface area (Å²) in [4.78, 5) is 51.9. The summed E-state index contributed by atoms with van der Waals surface area (Å²) in [5.41, 5.74) is -3.68. The summed E-state index contributed by atoms with van der Waals surface area (Å²) in [6.45, 7) is -6.10. The predicted octanol–water partition coefficient (Wildman–Crippen LogP) is 1.08. The van der Waals surface area contributed by atoms with Crippen LogP contribution in [0.1, 0.15) is 6.92 Å². The summed E-state index contributed by atoms with van der Waals surface area (Å²) in [6, 6.07) is 3.16. The first-order valence-electron chi connectivity index (χ1n) is 11.0. The normalized spacial score (nSPS) is 17.9. The number of benzene rings is 1. The molecule has 19 heteroatoms. The Balaban J connectivity index is 2.36. The van der Waals surface area contributed by atoms with E-state index in [0.29, 0.717) is 11.8 Å². The smallest absolute Gasteiger partial charge is 0.439 e. The Kier molecular flexibility index (Phi) is 9.57. The van der Waals surface area contributed by atoms with E-state index < -0.39 is 86.6 Å². The zero-order valence-corrected chi connectivity index (χ0v) is 20.3. The maximum absolute atomic E-state index is 13.2. The molecule has 1 heterocycles. The molecule has 4 amide bonds. The number of halogens is 8. The summed E-state index contributed by atoms with van der Waals surface area (Å²) in [5.74, 6) is -10.4. The molecule has 0 saturated carbocycles. The van der Waals surface area contributed by atoms with Gasteiger partial charge in [0.25, 0.3) is 17.7 Å². The Morgan fingerprint density at radius 3 is 2.12 bits per heavy atom. The third-order valence-corrected chi connectivity index (χ3v) is 5.37. The number of carbonyl (C=O) groups excluding carboxylic acids is 4. The van der Waals surface area contributed by atoms with Gasteiger partial charge in [0.05, 0.1) is 31.1 Å². The van der Waals surface area contributed by atoms with Gasteiger partial charge in [-0.05, 0) is 19.1 Å². The SMILES string of the molecule is C[C@](O)(C(=O)NCC(F)(F)C(F)(F)F)C(=O)N[C@H]1CN(C(=O)OCC(F)(F)F)c2ccccc2N(CCO)C1=O. The van der Waals surface area contributed by atoms with Crippen molar-refractivity contribution in [3.8, 4) is 0 Å². The number of hydrogen-bond donors (Lipinski definition) is 4. The molecular formula is C21H22F8N4O7. The molecule has 0 unspecified atom stereocenters. The fourth-order valence-corrected chi connectivity index (χ4v) is 3.28. The molecule has 0 aromatic heterocycles. The number of amides is 4. The minimum atomic E-state index is -6.07. The van der Waals surface area contributed by atoms with E-state index in [1.807, 2.05) is 5.32 Å². The largest absolute Gasteiger partial charge is 0.455 e. The van der Waals surface area contributed by atoms with Gasteiger partial charge in [0, 0.05) is 6.54 Å². The van der Waals surface area contributed by atoms with Gasteiger partial charge in [-0.1, -0.05) is 12.1 Å². The van der Waals surface area contributed by atoms with Crippen LogP contribution in [0.5, 0.6) is 0 Å². The first kappa shape index (κ1) is 32.5. The topological polar surface area (TPSA) is 149 Å². The second-order valence-electron chi connectivity index (χ2n) is 8.47. The number of aliphatic hydroxyl groups excluding tert-OH is 1. The predicted molar refractivity (Wildman–Crippen MR) is 117 cm³/mol. The lowest BCUT2D eigenvalue weighted by Crippen LogP contribution is -2.62. The van der Waals surface area contributed by atoms with Gasteiger partial charge in [-0.15, -0.1) is 0 Å². The lowest BCUT2D eigenvalue weighted by molar-refractivity contribution is -0.278. The summed E-state index contributed by atoms with van der Waals surface area (Å²) >= 11 is 0. The van der Waals surface area contributed by atoms with E-state index in [0.717, 1.165) is 10.2 Å². The number of hydrogen-bond acceptors (Lipinski definition) is 7. The highest BCUT2D eigenvalue weighted by molar-refractivity contribution is 6.11. The zero-order chi connectivity index (χ0) is 30.7. The molecule has 1 aliphatic heterocycles. The maximum Gasteiger partial charge on any atom is 0.455 e. The van der Waals surface area contributed by atoms with Crippen LogP contribution in [0.15, 0.2) is 24.3 Å². The number of aliphatic hydroxyl groups is 2. The number of rotatable bonds is 8. The monoisotopic (exact) mass is 594 g/mol. The van der Waals surface area contributed by atoms with Crippen molar-refractivity contribution < 1.29 is 69.3 Å². The van der Waals surface area contributed by atoms with Gasteiger partial charge in [0.2, 0.25) is 5.60 Å². The van der Waals surface area contributed by atoms with Crippen molar-refractivity contribution in [2.45, 2.75) is 36.8 Å². The molecule has 0 spiro atoms. The van der Waals surface area contributed by atoms with Crippen LogP contribution in [0, 0.1) is 0 Å². The summed E-state index contributed by atoms with van der Waals surface area (Å²) in [6.07, 6.45) is -12.7. The number of ether oxygens (including phenoxy) is 1. The molecule has 0 radical (unpaired) electrons. The Morgan fingerprint density at radius 1 is 1.02 bits per heavy atom. The molecule has 40 heavy (non-hydrogen) atoms. The minimum absolute atomic E-state index is 0.124. The Morgan fingerprint density at radius 2 is 1.60 bits per heavy atom. The minimum Gasteiger partial charge on any atom is -0.439 e. The third kappa shape index (κ3) is 7.46. The Bertz CT molecular complexity index is 1130. The van der Waals surface area contributed by atoms with Crippen LogP contribution < -0.4 is 20.4 Å². The quantitative estimate of drug-likeness (QED) is 0.260. The summed E-state index contributed by atoms with van der Waals surface area (Å²) in [5, 5.41) is 22.6. The van der Waals surface area contributed by atoms with Crippen molar-refractivity contribution in [3.63, 3.8) is 0 Å². The van der Waals surface area contributed by atoms with Gasteiger partial charge in [-0.2, -0.15) is 35.1 Å². The standard InChI is InChI=1S/C21H22F8N4O7/c1-18(39,15(36)30-9-19(22,23)21(27,28)29)16(37)31-11-8-33(17(38)40-10-20(24,25)26)13-5-3-2-4-12(13)32(6-7-34)14(11)35/h2-5,11,34,39H,6-10H2,1H3,(H,30,36)(H,31,37)/t11-,18-/m0/s1. The van der Waals surface area contributed by atoms with Gasteiger partial charge in [0.1, 0.15) is 6.04 Å². The van der Waals surface area contributed by atoms with Gasteiger partial charge in [-0.3, -0.25) is 19.3 Å². The lowest BCUT2D eigenvalue weighted by atomic mass is 10.0. The number of nitrogens with zero attached hydrogens (tertiary/aromatic N) is 2. The molecule has 0 fully saturated rings. The average Bonchev–Trinajstić information content (AvgIpc) is 2.95. The van der Waals surface area contributed by atoms with Crippen molar-refractivity contribution in [2.75, 3.05) is 42.6 Å². The highest BCUT2D eigenvalue weighted by atomic mass is 19.4. The molecule has 0 saturated heterocycles. The van der Waals surface area contributed by atoms with Crippen LogP contribution in [-0.2, 0) is 19.1 Å². The number of para-hydroxylation sites is 2. The van der Waals surface area contributed by atoms with Gasteiger partial charge >= 0.3 is 24.4 Å². The van der Waals surface area contributed by atoms with Gasteiger partial charge in [0.15, 0.2) is 6.61 Å². The molecule has 1 aromatic rings. The lowest BCUT2D eigenvalue weighted by Gasteiger charge is -2.28. The van der Waals surface area contributed by atoms with Crippen molar-refractivity contribution >= 4 is 35.2 Å². The van der Waals surface area contributed by atoms with Crippen LogP contribution >= 0.6 is 0 Å². The number of alkyl halides is 8. The maximum atomic E-state index is 13.2. The molecule has 0 aliphatic carbocycles. The third-order valence-electron chi connectivity index (χ3n) is 5.37.